The van der Waals surface area contributed by atoms with E-state index >= 15 is 0 Å². The van der Waals surface area contributed by atoms with Gasteiger partial charge in [-0.15, -0.1) is 11.3 Å². The number of halogens is 1. The summed E-state index contributed by atoms with van der Waals surface area (Å²) >= 11 is 6.49. The van der Waals surface area contributed by atoms with E-state index in [4.69, 9.17) is 4.42 Å². The predicted molar refractivity (Wildman–Crippen MR) is 116 cm³/mol. The van der Waals surface area contributed by atoms with Crippen LogP contribution < -0.4 is 0 Å². The summed E-state index contributed by atoms with van der Waals surface area (Å²) in [4.78, 5) is 5.11. The molecule has 4 rings (SSSR count). The molecule has 0 aliphatic rings. The van der Waals surface area contributed by atoms with E-state index < -0.39 is 0 Å². The van der Waals surface area contributed by atoms with Gasteiger partial charge in [-0.1, -0.05) is 40.2 Å². The van der Waals surface area contributed by atoms with E-state index in [9.17, 15) is 5.26 Å². The van der Waals surface area contributed by atoms with Crippen molar-refractivity contribution in [1.29, 1.82) is 5.26 Å². The summed E-state index contributed by atoms with van der Waals surface area (Å²) in [6.45, 7) is 2.04. The Kier molecular flexibility index (Phi) is 5.17. The monoisotopic (exact) mass is 452 g/mol. The van der Waals surface area contributed by atoms with Crippen molar-refractivity contribution in [1.82, 2.24) is 4.98 Å². The van der Waals surface area contributed by atoms with Crippen LogP contribution in [0.1, 0.15) is 11.3 Å². The minimum Gasteiger partial charge on any atom is -0.457 e. The van der Waals surface area contributed by atoms with Crippen LogP contribution in [0, 0.1) is 18.3 Å². The number of aromatic nitrogens is 1. The first-order valence-corrected chi connectivity index (χ1v) is 10.6. The number of furan rings is 1. The molecule has 6 heteroatoms. The first-order valence-electron chi connectivity index (χ1n) is 8.14. The van der Waals surface area contributed by atoms with E-state index in [0.29, 0.717) is 10.7 Å². The first-order chi connectivity index (χ1) is 13.1. The highest BCUT2D eigenvalue weighted by Gasteiger charge is 2.10. The number of nitrogens with zero attached hydrogens (tertiary/aromatic N) is 2. The third-order valence-electron chi connectivity index (χ3n) is 3.94. The topological polar surface area (TPSA) is 49.8 Å². The van der Waals surface area contributed by atoms with E-state index in [-0.39, 0.29) is 0 Å². The molecule has 0 aliphatic heterocycles. The Morgan fingerprint density at radius 3 is 2.85 bits per heavy atom. The van der Waals surface area contributed by atoms with Crippen molar-refractivity contribution in [2.75, 3.05) is 0 Å². The van der Waals surface area contributed by atoms with Crippen LogP contribution in [-0.4, -0.2) is 4.98 Å². The van der Waals surface area contributed by atoms with Gasteiger partial charge in [0, 0.05) is 16.1 Å². The Morgan fingerprint density at radius 2 is 2.07 bits per heavy atom. The molecule has 0 fully saturated rings. The normalized spacial score (nSPS) is 11.7. The van der Waals surface area contributed by atoms with Crippen molar-refractivity contribution in [3.63, 3.8) is 0 Å². The van der Waals surface area contributed by atoms with Crippen molar-refractivity contribution in [2.45, 2.75) is 11.3 Å². The van der Waals surface area contributed by atoms with Crippen LogP contribution in [-0.2, 0) is 0 Å². The number of hydrogen-bond acceptors (Lipinski definition) is 5. The second-order valence-electron chi connectivity index (χ2n) is 5.84. The van der Waals surface area contributed by atoms with E-state index in [1.54, 1.807) is 17.4 Å². The Hall–Kier alpha value is -2.33. The Bertz CT molecular complexity index is 1170. The average molecular weight is 453 g/mol. The van der Waals surface area contributed by atoms with Crippen molar-refractivity contribution >= 4 is 55.3 Å². The smallest absolute Gasteiger partial charge is 0.156 e. The first kappa shape index (κ1) is 18.1. The predicted octanol–water partition coefficient (Wildman–Crippen LogP) is 7.28. The largest absolute Gasteiger partial charge is 0.457 e. The van der Waals surface area contributed by atoms with Gasteiger partial charge in [0.05, 0.1) is 15.1 Å². The number of aryl methyl sites for hydroxylation is 1. The molecule has 0 amide bonds. The van der Waals surface area contributed by atoms with Crippen molar-refractivity contribution in [3.8, 4) is 17.4 Å². The zero-order valence-electron chi connectivity index (χ0n) is 14.3. The van der Waals surface area contributed by atoms with Crippen LogP contribution in [0.2, 0.25) is 0 Å². The highest BCUT2D eigenvalue weighted by atomic mass is 79.9. The lowest BCUT2D eigenvalue weighted by Crippen LogP contribution is -1.78. The molecule has 2 heterocycles. The van der Waals surface area contributed by atoms with Crippen LogP contribution >= 0.6 is 39.0 Å². The SMILES string of the molecule is Cc1ccc(-c2ccc(/C=C(\C#N)Sc3nc4ccccc4s3)o2)cc1Br. The summed E-state index contributed by atoms with van der Waals surface area (Å²) < 4.78 is 8.91. The Morgan fingerprint density at radius 1 is 1.22 bits per heavy atom. The molecule has 0 spiro atoms. The summed E-state index contributed by atoms with van der Waals surface area (Å²) in [7, 11) is 0. The molecule has 0 saturated heterocycles. The quantitative estimate of drug-likeness (QED) is 0.241. The molecule has 0 radical (unpaired) electrons. The molecule has 3 nitrogen and oxygen atoms in total. The van der Waals surface area contributed by atoms with E-state index in [1.165, 1.54) is 17.3 Å². The maximum atomic E-state index is 9.50. The second kappa shape index (κ2) is 7.73. The van der Waals surface area contributed by atoms with Crippen molar-refractivity contribution in [3.05, 3.63) is 75.3 Å². The molecule has 2 aromatic carbocycles. The average Bonchev–Trinajstić information content (AvgIpc) is 3.29. The number of fused-ring (bicyclic) bond motifs is 1. The van der Waals surface area contributed by atoms with Gasteiger partial charge in [0.1, 0.15) is 17.6 Å². The summed E-state index contributed by atoms with van der Waals surface area (Å²) in [5, 5.41) is 9.50. The van der Waals surface area contributed by atoms with Gasteiger partial charge in [-0.3, -0.25) is 0 Å². The number of rotatable bonds is 4. The van der Waals surface area contributed by atoms with Gasteiger partial charge in [-0.25, -0.2) is 4.98 Å². The van der Waals surface area contributed by atoms with Crippen LogP contribution in [0.25, 0.3) is 27.6 Å². The number of para-hydroxylation sites is 1. The molecule has 0 unspecified atom stereocenters. The Labute approximate surface area is 173 Å². The zero-order valence-corrected chi connectivity index (χ0v) is 17.5. The minimum atomic E-state index is 0.542. The van der Waals surface area contributed by atoms with Gasteiger partial charge in [-0.05, 0) is 54.6 Å². The van der Waals surface area contributed by atoms with Gasteiger partial charge in [0.2, 0.25) is 0 Å². The van der Waals surface area contributed by atoms with Gasteiger partial charge in [0.15, 0.2) is 4.34 Å². The third kappa shape index (κ3) is 4.01. The molecule has 27 heavy (non-hydrogen) atoms. The lowest BCUT2D eigenvalue weighted by Gasteiger charge is -2.01. The fourth-order valence-corrected chi connectivity index (χ4v) is 4.87. The molecule has 0 atom stereocenters. The molecule has 0 aliphatic carbocycles. The van der Waals surface area contributed by atoms with Crippen molar-refractivity contribution in [2.24, 2.45) is 0 Å². The molecule has 132 valence electrons. The zero-order chi connectivity index (χ0) is 18.8. The maximum absolute atomic E-state index is 9.50. The molecule has 0 bridgehead atoms. The highest BCUT2D eigenvalue weighted by Crippen LogP contribution is 2.35. The van der Waals surface area contributed by atoms with Gasteiger partial charge in [-0.2, -0.15) is 5.26 Å². The van der Waals surface area contributed by atoms with Gasteiger partial charge in [0.25, 0.3) is 0 Å². The fourth-order valence-electron chi connectivity index (χ4n) is 2.53. The minimum absolute atomic E-state index is 0.542. The summed E-state index contributed by atoms with van der Waals surface area (Å²) in [6.07, 6.45) is 1.75. The lowest BCUT2D eigenvalue weighted by atomic mass is 10.1. The number of allylic oxidation sites excluding steroid dienone is 1. The second-order valence-corrected chi connectivity index (χ2v) is 9.01. The number of nitriles is 1. The molecule has 0 saturated carbocycles. The third-order valence-corrected chi connectivity index (χ3v) is 6.82. The summed E-state index contributed by atoms with van der Waals surface area (Å²) in [6, 6.07) is 20.1. The molecular weight excluding hydrogens is 440 g/mol. The maximum Gasteiger partial charge on any atom is 0.156 e. The fraction of sp³-hybridized carbons (Fsp3) is 0.0476. The summed E-state index contributed by atoms with van der Waals surface area (Å²) in [5.74, 6) is 1.41. The number of thioether (sulfide) groups is 1. The highest BCUT2D eigenvalue weighted by molar-refractivity contribution is 9.10. The molecule has 2 aromatic heterocycles. The molecular formula is C21H13BrN2OS2. The van der Waals surface area contributed by atoms with E-state index in [2.05, 4.69) is 27.0 Å². The van der Waals surface area contributed by atoms with Crippen LogP contribution in [0.5, 0.6) is 0 Å². The number of thiazole rings is 1. The van der Waals surface area contributed by atoms with Gasteiger partial charge >= 0.3 is 0 Å². The van der Waals surface area contributed by atoms with Crippen molar-refractivity contribution < 1.29 is 4.42 Å². The number of benzene rings is 2. The van der Waals surface area contributed by atoms with Crippen LogP contribution in [0.4, 0.5) is 0 Å². The Balaban J connectivity index is 1.58. The van der Waals surface area contributed by atoms with Crippen LogP contribution in [0.3, 0.4) is 0 Å². The van der Waals surface area contributed by atoms with E-state index in [0.717, 1.165) is 30.4 Å². The molecule has 0 N–H and O–H groups in total. The standard InChI is InChI=1S/C21H13BrN2OS2/c1-13-6-7-14(10-17(13)22)19-9-8-15(25-19)11-16(12-23)26-21-24-18-4-2-3-5-20(18)27-21/h2-11H,1H3/b16-11+. The van der Waals surface area contributed by atoms with Gasteiger partial charge < -0.3 is 4.42 Å². The summed E-state index contributed by atoms with van der Waals surface area (Å²) in [5.41, 5.74) is 3.11. The molecule has 4 aromatic rings. The number of hydrogen-bond donors (Lipinski definition) is 0. The van der Waals surface area contributed by atoms with E-state index in [1.807, 2.05) is 61.5 Å². The van der Waals surface area contributed by atoms with Crippen LogP contribution in [0.15, 0.2) is 72.7 Å². The lowest BCUT2D eigenvalue weighted by molar-refractivity contribution is 0.571.